The van der Waals surface area contributed by atoms with E-state index in [-0.39, 0.29) is 10.7 Å². The number of anilines is 1. The number of nitrogens with zero attached hydrogens (tertiary/aromatic N) is 3. The lowest BCUT2D eigenvalue weighted by Crippen LogP contribution is -2.17. The van der Waals surface area contributed by atoms with Gasteiger partial charge in [0.1, 0.15) is 5.82 Å². The van der Waals surface area contributed by atoms with Crippen molar-refractivity contribution in [1.82, 2.24) is 15.0 Å². The summed E-state index contributed by atoms with van der Waals surface area (Å²) in [5, 5.41) is 15.5. The third kappa shape index (κ3) is 2.59. The van der Waals surface area contributed by atoms with Crippen molar-refractivity contribution in [1.29, 1.82) is 0 Å². The average Bonchev–Trinajstić information content (AvgIpc) is 2.78. The molecule has 0 amide bonds. The molecular weight excluding hydrogens is 291 g/mol. The second kappa shape index (κ2) is 4.89. The molecule has 0 bridgehead atoms. The van der Waals surface area contributed by atoms with Crippen molar-refractivity contribution in [3.63, 3.8) is 0 Å². The van der Waals surface area contributed by atoms with E-state index >= 15 is 0 Å². The van der Waals surface area contributed by atoms with Gasteiger partial charge in [-0.05, 0) is 18.2 Å². The Balaban J connectivity index is 2.38. The van der Waals surface area contributed by atoms with Gasteiger partial charge < -0.3 is 5.11 Å². The normalized spacial score (nSPS) is 11.3. The number of halogens is 1. The summed E-state index contributed by atoms with van der Waals surface area (Å²) in [5.74, 6) is -2.45. The maximum Gasteiger partial charge on any atom is 0.338 e. The van der Waals surface area contributed by atoms with Crippen LogP contribution in [0, 0.1) is 5.82 Å². The van der Waals surface area contributed by atoms with Gasteiger partial charge in [0.15, 0.2) is 5.03 Å². The molecule has 1 aromatic carbocycles. The number of carboxylic acid groups (broad SMARTS) is 1. The minimum Gasteiger partial charge on any atom is -0.478 e. The van der Waals surface area contributed by atoms with Gasteiger partial charge in [-0.2, -0.15) is 8.42 Å². The zero-order valence-electron chi connectivity index (χ0n) is 10.1. The van der Waals surface area contributed by atoms with Crippen LogP contribution in [0.2, 0.25) is 0 Å². The number of benzene rings is 1. The fraction of sp³-hybridized carbons (Fsp3) is 0.100. The van der Waals surface area contributed by atoms with E-state index in [1.54, 1.807) is 0 Å². The number of aromatic nitrogens is 3. The van der Waals surface area contributed by atoms with Gasteiger partial charge >= 0.3 is 5.97 Å². The summed E-state index contributed by atoms with van der Waals surface area (Å²) in [4.78, 5) is 10.8. The van der Waals surface area contributed by atoms with Crippen LogP contribution in [-0.4, -0.2) is 34.5 Å². The monoisotopic (exact) mass is 300 g/mol. The first-order chi connectivity index (χ1) is 9.31. The van der Waals surface area contributed by atoms with Gasteiger partial charge in [-0.1, -0.05) is 5.21 Å². The van der Waals surface area contributed by atoms with Gasteiger partial charge in [0.2, 0.25) is 0 Å². The van der Waals surface area contributed by atoms with Gasteiger partial charge in [-0.25, -0.2) is 13.9 Å². The lowest BCUT2D eigenvalue weighted by atomic mass is 10.2. The van der Waals surface area contributed by atoms with Gasteiger partial charge in [-0.3, -0.25) is 4.72 Å². The number of rotatable bonds is 4. The zero-order chi connectivity index (χ0) is 14.9. The van der Waals surface area contributed by atoms with Crippen molar-refractivity contribution in [2.24, 2.45) is 7.05 Å². The number of sulfonamides is 1. The molecule has 0 fully saturated rings. The SMILES string of the molecule is Cn1nncc1S(=O)(=O)Nc1ccc(F)c(C(=O)O)c1. The first-order valence-corrected chi connectivity index (χ1v) is 6.70. The molecule has 0 saturated carbocycles. The third-order valence-electron chi connectivity index (χ3n) is 2.40. The van der Waals surface area contributed by atoms with Crippen LogP contribution in [0.1, 0.15) is 10.4 Å². The molecular formula is C10H9FN4O4S. The Morgan fingerprint density at radius 3 is 2.70 bits per heavy atom. The molecule has 1 aromatic heterocycles. The van der Waals surface area contributed by atoms with Crippen LogP contribution in [0.25, 0.3) is 0 Å². The Hall–Kier alpha value is -2.49. The fourth-order valence-corrected chi connectivity index (χ4v) is 2.60. The summed E-state index contributed by atoms with van der Waals surface area (Å²) in [5.41, 5.74) is -0.710. The highest BCUT2D eigenvalue weighted by atomic mass is 32.2. The molecule has 0 unspecified atom stereocenters. The van der Waals surface area contributed by atoms with Crippen LogP contribution in [0.5, 0.6) is 0 Å². The summed E-state index contributed by atoms with van der Waals surface area (Å²) in [6.45, 7) is 0. The molecule has 8 nitrogen and oxygen atoms in total. The van der Waals surface area contributed by atoms with E-state index < -0.39 is 27.4 Å². The van der Waals surface area contributed by atoms with Gasteiger partial charge in [0.05, 0.1) is 11.8 Å². The number of carbonyl (C=O) groups is 1. The van der Waals surface area contributed by atoms with E-state index in [9.17, 15) is 17.6 Å². The molecule has 0 saturated heterocycles. The highest BCUT2D eigenvalue weighted by molar-refractivity contribution is 7.92. The second-order valence-electron chi connectivity index (χ2n) is 3.80. The highest BCUT2D eigenvalue weighted by Crippen LogP contribution is 2.18. The molecule has 0 spiro atoms. The fourth-order valence-electron chi connectivity index (χ4n) is 1.48. The molecule has 0 aliphatic heterocycles. The Labute approximate surface area is 112 Å². The third-order valence-corrected chi connectivity index (χ3v) is 3.82. The number of aryl methyl sites for hydroxylation is 1. The first-order valence-electron chi connectivity index (χ1n) is 5.21. The predicted molar refractivity (Wildman–Crippen MR) is 65.2 cm³/mol. The van der Waals surface area contributed by atoms with Crippen molar-refractivity contribution in [2.45, 2.75) is 5.03 Å². The molecule has 2 aromatic rings. The Morgan fingerprint density at radius 2 is 2.15 bits per heavy atom. The predicted octanol–water partition coefficient (Wildman–Crippen LogP) is 0.453. The standard InChI is InChI=1S/C10H9FN4O4S/c1-15-9(5-12-14-15)20(18,19)13-6-2-3-8(11)7(4-6)10(16)17/h2-5,13H,1H3,(H,16,17). The van der Waals surface area contributed by atoms with Crippen molar-refractivity contribution < 1.29 is 22.7 Å². The molecule has 0 aliphatic rings. The molecule has 10 heteroatoms. The maximum absolute atomic E-state index is 13.2. The Bertz CT molecular complexity index is 771. The number of aromatic carboxylic acids is 1. The lowest BCUT2D eigenvalue weighted by Gasteiger charge is -2.08. The number of nitrogens with one attached hydrogen (secondary N) is 1. The number of carboxylic acids is 1. The smallest absolute Gasteiger partial charge is 0.338 e. The summed E-state index contributed by atoms with van der Waals surface area (Å²) < 4.78 is 40.4. The summed E-state index contributed by atoms with van der Waals surface area (Å²) >= 11 is 0. The van der Waals surface area contributed by atoms with Crippen LogP contribution < -0.4 is 4.72 Å². The summed E-state index contributed by atoms with van der Waals surface area (Å²) in [6.07, 6.45) is 1.03. The Kier molecular flexibility index (Phi) is 3.40. The van der Waals surface area contributed by atoms with E-state index in [1.807, 2.05) is 0 Å². The first kappa shape index (κ1) is 13.9. The molecule has 2 N–H and O–H groups in total. The lowest BCUT2D eigenvalue weighted by molar-refractivity contribution is 0.0692. The van der Waals surface area contributed by atoms with Crippen LogP contribution >= 0.6 is 0 Å². The van der Waals surface area contributed by atoms with Crippen LogP contribution in [0.4, 0.5) is 10.1 Å². The molecule has 0 atom stereocenters. The summed E-state index contributed by atoms with van der Waals surface area (Å²) in [6, 6.07) is 2.87. The van der Waals surface area contributed by atoms with Crippen molar-refractivity contribution in [3.05, 3.63) is 35.8 Å². The van der Waals surface area contributed by atoms with E-state index in [2.05, 4.69) is 15.0 Å². The van der Waals surface area contributed by atoms with E-state index in [4.69, 9.17) is 5.11 Å². The van der Waals surface area contributed by atoms with Crippen molar-refractivity contribution in [3.8, 4) is 0 Å². The van der Waals surface area contributed by atoms with Crippen LogP contribution in [-0.2, 0) is 17.1 Å². The topological polar surface area (TPSA) is 114 Å². The second-order valence-corrected chi connectivity index (χ2v) is 5.43. The molecule has 1 heterocycles. The quantitative estimate of drug-likeness (QED) is 0.847. The Morgan fingerprint density at radius 1 is 1.45 bits per heavy atom. The molecule has 20 heavy (non-hydrogen) atoms. The summed E-state index contributed by atoms with van der Waals surface area (Å²) in [7, 11) is -2.60. The molecule has 0 aliphatic carbocycles. The minimum absolute atomic E-state index is 0.0787. The van der Waals surface area contributed by atoms with Crippen molar-refractivity contribution >= 4 is 21.7 Å². The van der Waals surface area contributed by atoms with Crippen molar-refractivity contribution in [2.75, 3.05) is 4.72 Å². The highest BCUT2D eigenvalue weighted by Gasteiger charge is 2.20. The molecule has 106 valence electrons. The minimum atomic E-state index is -3.98. The maximum atomic E-state index is 13.2. The zero-order valence-corrected chi connectivity index (χ0v) is 10.9. The number of hydrogen-bond acceptors (Lipinski definition) is 5. The van der Waals surface area contributed by atoms with Crippen LogP contribution in [0.15, 0.2) is 29.4 Å². The number of hydrogen-bond donors (Lipinski definition) is 2. The average molecular weight is 300 g/mol. The van der Waals surface area contributed by atoms with Gasteiger partial charge in [0, 0.05) is 12.7 Å². The van der Waals surface area contributed by atoms with E-state index in [0.717, 1.165) is 29.1 Å². The van der Waals surface area contributed by atoms with Crippen LogP contribution in [0.3, 0.4) is 0 Å². The largest absolute Gasteiger partial charge is 0.478 e. The molecule has 0 radical (unpaired) electrons. The van der Waals surface area contributed by atoms with Gasteiger partial charge in [-0.15, -0.1) is 5.10 Å². The van der Waals surface area contributed by atoms with Gasteiger partial charge in [0.25, 0.3) is 10.0 Å². The molecule has 2 rings (SSSR count). The van der Waals surface area contributed by atoms with E-state index in [0.29, 0.717) is 0 Å². The van der Waals surface area contributed by atoms with E-state index in [1.165, 1.54) is 7.05 Å².